The molecule has 0 saturated carbocycles. The third kappa shape index (κ3) is 4.11. The lowest BCUT2D eigenvalue weighted by molar-refractivity contribution is 0.599. The van der Waals surface area contributed by atoms with Crippen molar-refractivity contribution in [3.05, 3.63) is 58.1 Å². The number of rotatable bonds is 5. The van der Waals surface area contributed by atoms with Gasteiger partial charge in [-0.3, -0.25) is 4.72 Å². The van der Waals surface area contributed by atoms with Gasteiger partial charge in [0.1, 0.15) is 0 Å². The van der Waals surface area contributed by atoms with Crippen molar-refractivity contribution in [2.75, 3.05) is 11.8 Å². The standard InChI is InChI=1S/C14H14Cl2N2O2S/c1-17-9-10-4-2-3-5-14(10)21(19,20)18-13-7-11(15)6-12(16)8-13/h2-8,17-18H,9H2,1H3. The molecule has 2 aromatic carbocycles. The van der Waals surface area contributed by atoms with Crippen LogP contribution in [0.2, 0.25) is 10.0 Å². The fraction of sp³-hybridized carbons (Fsp3) is 0.143. The zero-order chi connectivity index (χ0) is 15.5. The molecule has 21 heavy (non-hydrogen) atoms. The van der Waals surface area contributed by atoms with Crippen LogP contribution in [0, 0.1) is 0 Å². The smallest absolute Gasteiger partial charge is 0.262 e. The van der Waals surface area contributed by atoms with E-state index in [1.165, 1.54) is 18.2 Å². The van der Waals surface area contributed by atoms with Crippen LogP contribution >= 0.6 is 23.2 Å². The van der Waals surface area contributed by atoms with E-state index in [0.717, 1.165) is 0 Å². The molecule has 0 heterocycles. The van der Waals surface area contributed by atoms with Crippen LogP contribution in [-0.2, 0) is 16.6 Å². The molecule has 0 radical (unpaired) electrons. The topological polar surface area (TPSA) is 58.2 Å². The first kappa shape index (κ1) is 16.1. The Morgan fingerprint density at radius 3 is 2.29 bits per heavy atom. The minimum atomic E-state index is -3.71. The zero-order valence-corrected chi connectivity index (χ0v) is 13.6. The van der Waals surface area contributed by atoms with E-state index < -0.39 is 10.0 Å². The van der Waals surface area contributed by atoms with Gasteiger partial charge in [0.05, 0.1) is 10.6 Å². The molecule has 0 aliphatic heterocycles. The predicted octanol–water partition coefficient (Wildman–Crippen LogP) is 3.51. The van der Waals surface area contributed by atoms with Crippen LogP contribution in [0.4, 0.5) is 5.69 Å². The number of anilines is 1. The predicted molar refractivity (Wildman–Crippen MR) is 86.5 cm³/mol. The molecule has 0 spiro atoms. The molecule has 0 aliphatic carbocycles. The quantitative estimate of drug-likeness (QED) is 0.872. The van der Waals surface area contributed by atoms with Gasteiger partial charge in [-0.2, -0.15) is 0 Å². The summed E-state index contributed by atoms with van der Waals surface area (Å²) in [6.07, 6.45) is 0. The summed E-state index contributed by atoms with van der Waals surface area (Å²) in [4.78, 5) is 0.218. The fourth-order valence-electron chi connectivity index (χ4n) is 1.93. The summed E-state index contributed by atoms with van der Waals surface area (Å²) in [7, 11) is -1.95. The summed E-state index contributed by atoms with van der Waals surface area (Å²) in [6, 6.07) is 11.3. The molecule has 0 saturated heterocycles. The van der Waals surface area contributed by atoms with Crippen molar-refractivity contribution in [1.29, 1.82) is 0 Å². The Morgan fingerprint density at radius 2 is 1.67 bits per heavy atom. The molecule has 2 aromatic rings. The molecule has 2 N–H and O–H groups in total. The Morgan fingerprint density at radius 1 is 1.05 bits per heavy atom. The molecule has 0 bridgehead atoms. The van der Waals surface area contributed by atoms with Gasteiger partial charge in [0.25, 0.3) is 10.0 Å². The molecule has 0 amide bonds. The zero-order valence-electron chi connectivity index (χ0n) is 11.2. The van der Waals surface area contributed by atoms with E-state index >= 15 is 0 Å². The van der Waals surface area contributed by atoms with Crippen LogP contribution in [0.1, 0.15) is 5.56 Å². The molecule has 7 heteroatoms. The van der Waals surface area contributed by atoms with Gasteiger partial charge in [-0.05, 0) is 36.9 Å². The number of halogens is 2. The van der Waals surface area contributed by atoms with Crippen LogP contribution in [0.3, 0.4) is 0 Å². The highest BCUT2D eigenvalue weighted by Crippen LogP contribution is 2.25. The number of sulfonamides is 1. The first-order valence-electron chi connectivity index (χ1n) is 6.14. The highest BCUT2D eigenvalue weighted by Gasteiger charge is 2.18. The van der Waals surface area contributed by atoms with Gasteiger partial charge in [-0.1, -0.05) is 41.4 Å². The van der Waals surface area contributed by atoms with Gasteiger partial charge in [-0.15, -0.1) is 0 Å². The maximum atomic E-state index is 12.5. The van der Waals surface area contributed by atoms with Crippen LogP contribution in [0.25, 0.3) is 0 Å². The van der Waals surface area contributed by atoms with Crippen LogP contribution in [-0.4, -0.2) is 15.5 Å². The maximum Gasteiger partial charge on any atom is 0.262 e. The number of hydrogen-bond acceptors (Lipinski definition) is 3. The van der Waals surface area contributed by atoms with E-state index in [1.54, 1.807) is 31.3 Å². The van der Waals surface area contributed by atoms with Crippen molar-refractivity contribution >= 4 is 38.9 Å². The van der Waals surface area contributed by atoms with E-state index in [0.29, 0.717) is 27.8 Å². The highest BCUT2D eigenvalue weighted by molar-refractivity contribution is 7.92. The van der Waals surface area contributed by atoms with E-state index in [1.807, 2.05) is 0 Å². The number of nitrogens with one attached hydrogen (secondary N) is 2. The lowest BCUT2D eigenvalue weighted by Crippen LogP contribution is -2.17. The fourth-order valence-corrected chi connectivity index (χ4v) is 3.73. The molecule has 0 unspecified atom stereocenters. The molecule has 112 valence electrons. The third-order valence-corrected chi connectivity index (χ3v) is 4.66. The Balaban J connectivity index is 2.38. The van der Waals surface area contributed by atoms with Gasteiger partial charge < -0.3 is 5.32 Å². The summed E-state index contributed by atoms with van der Waals surface area (Å²) in [5, 5.41) is 3.67. The minimum absolute atomic E-state index is 0.218. The van der Waals surface area contributed by atoms with Gasteiger partial charge in [0.2, 0.25) is 0 Å². The molecule has 0 aromatic heterocycles. The van der Waals surface area contributed by atoms with E-state index in [2.05, 4.69) is 10.0 Å². The van der Waals surface area contributed by atoms with Gasteiger partial charge in [0, 0.05) is 16.6 Å². The summed E-state index contributed by atoms with van der Waals surface area (Å²) >= 11 is 11.8. The largest absolute Gasteiger partial charge is 0.316 e. The summed E-state index contributed by atoms with van der Waals surface area (Å²) < 4.78 is 27.5. The second-order valence-electron chi connectivity index (χ2n) is 4.40. The molecule has 4 nitrogen and oxygen atoms in total. The monoisotopic (exact) mass is 344 g/mol. The number of benzene rings is 2. The van der Waals surface area contributed by atoms with E-state index in [4.69, 9.17) is 23.2 Å². The molecule has 0 atom stereocenters. The molecule has 0 aliphatic rings. The Kier molecular flexibility index (Phi) is 5.11. The molecular weight excluding hydrogens is 331 g/mol. The van der Waals surface area contributed by atoms with E-state index in [9.17, 15) is 8.42 Å². The average Bonchev–Trinajstić information content (AvgIpc) is 2.37. The van der Waals surface area contributed by atoms with Crippen LogP contribution in [0.5, 0.6) is 0 Å². The van der Waals surface area contributed by atoms with Crippen molar-refractivity contribution in [3.8, 4) is 0 Å². The second-order valence-corrected chi connectivity index (χ2v) is 6.93. The minimum Gasteiger partial charge on any atom is -0.316 e. The van der Waals surface area contributed by atoms with Crippen LogP contribution in [0.15, 0.2) is 47.4 Å². The molecule has 2 rings (SSSR count). The van der Waals surface area contributed by atoms with Crippen LogP contribution < -0.4 is 10.0 Å². The lowest BCUT2D eigenvalue weighted by atomic mass is 10.2. The second kappa shape index (κ2) is 6.66. The van der Waals surface area contributed by atoms with Crippen molar-refractivity contribution in [2.45, 2.75) is 11.4 Å². The van der Waals surface area contributed by atoms with Gasteiger partial charge in [0.15, 0.2) is 0 Å². The summed E-state index contributed by atoms with van der Waals surface area (Å²) in [5.41, 5.74) is 1.01. The Labute approximate surface area is 134 Å². The summed E-state index contributed by atoms with van der Waals surface area (Å²) in [5.74, 6) is 0. The first-order chi connectivity index (χ1) is 9.92. The molecular formula is C14H14Cl2N2O2S. The Bertz CT molecular complexity index is 728. The van der Waals surface area contributed by atoms with Crippen molar-refractivity contribution in [1.82, 2.24) is 5.32 Å². The number of hydrogen-bond donors (Lipinski definition) is 2. The SMILES string of the molecule is CNCc1ccccc1S(=O)(=O)Nc1cc(Cl)cc(Cl)c1. The molecule has 0 fully saturated rings. The third-order valence-electron chi connectivity index (χ3n) is 2.74. The lowest BCUT2D eigenvalue weighted by Gasteiger charge is -2.12. The average molecular weight is 345 g/mol. The van der Waals surface area contributed by atoms with Crippen molar-refractivity contribution in [3.63, 3.8) is 0 Å². The highest BCUT2D eigenvalue weighted by atomic mass is 35.5. The maximum absolute atomic E-state index is 12.5. The first-order valence-corrected chi connectivity index (χ1v) is 8.38. The van der Waals surface area contributed by atoms with Crippen molar-refractivity contribution < 1.29 is 8.42 Å². The summed E-state index contributed by atoms with van der Waals surface area (Å²) in [6.45, 7) is 0.452. The van der Waals surface area contributed by atoms with Crippen molar-refractivity contribution in [2.24, 2.45) is 0 Å². The van der Waals surface area contributed by atoms with Gasteiger partial charge in [-0.25, -0.2) is 8.42 Å². The normalized spacial score (nSPS) is 11.4. The van der Waals surface area contributed by atoms with Gasteiger partial charge >= 0.3 is 0 Å². The van der Waals surface area contributed by atoms with E-state index in [-0.39, 0.29) is 4.90 Å². The Hall–Kier alpha value is -1.27.